The molecule has 236 valence electrons. The fourth-order valence-electron chi connectivity index (χ4n) is 7.20. The van der Waals surface area contributed by atoms with Crippen LogP contribution in [0.25, 0.3) is 60.9 Å². The Bertz CT molecular complexity index is 2490. The Balaban J connectivity index is 1.13. The van der Waals surface area contributed by atoms with Gasteiger partial charge in [0.2, 0.25) is 0 Å². The molecule has 0 unspecified atom stereocenters. The van der Waals surface area contributed by atoms with Crippen LogP contribution in [-0.4, -0.2) is 4.57 Å². The fraction of sp³-hybridized carbons (Fsp3) is 0. The molecule has 0 bridgehead atoms. The molecule has 0 saturated heterocycles. The van der Waals surface area contributed by atoms with Gasteiger partial charge in [0, 0.05) is 33.4 Å². The molecule has 0 N–H and O–H groups in total. The van der Waals surface area contributed by atoms with Gasteiger partial charge in [-0.05, 0) is 82.4 Å². The maximum absolute atomic E-state index is 2.38. The number of rotatable bonds is 7. The second-order valence-corrected chi connectivity index (χ2v) is 12.6. The van der Waals surface area contributed by atoms with Crippen LogP contribution < -0.4 is 4.90 Å². The van der Waals surface area contributed by atoms with Crippen LogP contribution in [0.5, 0.6) is 0 Å². The topological polar surface area (TPSA) is 8.17 Å². The van der Waals surface area contributed by atoms with Gasteiger partial charge < -0.3 is 9.47 Å². The van der Waals surface area contributed by atoms with E-state index in [-0.39, 0.29) is 0 Å². The van der Waals surface area contributed by atoms with Gasteiger partial charge in [-0.2, -0.15) is 0 Å². The van der Waals surface area contributed by atoms with Crippen LogP contribution in [0.1, 0.15) is 0 Å². The highest BCUT2D eigenvalue weighted by molar-refractivity contribution is 6.09. The van der Waals surface area contributed by atoms with Crippen LogP contribution in [0.2, 0.25) is 0 Å². The molecule has 9 rings (SSSR count). The quantitative estimate of drug-likeness (QED) is 0.169. The standard InChI is InChI=1S/C48H34N2/c1-3-13-35(14-4-1)36-23-25-37(26-24-36)38-27-29-40(30-28-38)49(46-20-10-7-17-43(46)39-15-5-2-6-16-39)41-31-33-42(34-32-41)50-47-21-11-8-18-44(47)45-19-9-12-22-48(45)50/h1-34H. The van der Waals surface area contributed by atoms with Crippen molar-refractivity contribution in [2.24, 2.45) is 0 Å². The van der Waals surface area contributed by atoms with Gasteiger partial charge in [-0.25, -0.2) is 0 Å². The molecular weight excluding hydrogens is 605 g/mol. The Hall–Kier alpha value is -6.64. The highest BCUT2D eigenvalue weighted by atomic mass is 15.1. The predicted molar refractivity (Wildman–Crippen MR) is 212 cm³/mol. The van der Waals surface area contributed by atoms with Crippen molar-refractivity contribution < 1.29 is 0 Å². The van der Waals surface area contributed by atoms with E-state index in [0.717, 1.165) is 22.7 Å². The number of fused-ring (bicyclic) bond motifs is 3. The molecule has 0 radical (unpaired) electrons. The van der Waals surface area contributed by atoms with Crippen LogP contribution in [0.3, 0.4) is 0 Å². The third-order valence-corrected chi connectivity index (χ3v) is 9.63. The molecule has 9 aromatic rings. The average molecular weight is 639 g/mol. The maximum Gasteiger partial charge on any atom is 0.0541 e. The SMILES string of the molecule is c1ccc(-c2ccc(-c3ccc(N(c4ccc(-n5c6ccccc6c6ccccc65)cc4)c4ccccc4-c4ccccc4)cc3)cc2)cc1. The number of anilines is 3. The number of aromatic nitrogens is 1. The summed E-state index contributed by atoms with van der Waals surface area (Å²) in [5, 5.41) is 2.53. The van der Waals surface area contributed by atoms with Crippen molar-refractivity contribution in [2.45, 2.75) is 0 Å². The first-order chi connectivity index (χ1) is 24.8. The van der Waals surface area contributed by atoms with Crippen molar-refractivity contribution in [1.29, 1.82) is 0 Å². The van der Waals surface area contributed by atoms with E-state index in [1.165, 1.54) is 55.2 Å². The fourth-order valence-corrected chi connectivity index (χ4v) is 7.20. The molecule has 50 heavy (non-hydrogen) atoms. The first-order valence-electron chi connectivity index (χ1n) is 17.1. The van der Waals surface area contributed by atoms with Crippen molar-refractivity contribution in [1.82, 2.24) is 4.57 Å². The summed E-state index contributed by atoms with van der Waals surface area (Å²) >= 11 is 0. The lowest BCUT2D eigenvalue weighted by atomic mass is 9.99. The van der Waals surface area contributed by atoms with Gasteiger partial charge in [0.1, 0.15) is 0 Å². The van der Waals surface area contributed by atoms with E-state index < -0.39 is 0 Å². The molecule has 0 saturated carbocycles. The van der Waals surface area contributed by atoms with E-state index in [0.29, 0.717) is 0 Å². The first kappa shape index (κ1) is 29.5. The lowest BCUT2D eigenvalue weighted by Gasteiger charge is -2.28. The molecule has 1 heterocycles. The van der Waals surface area contributed by atoms with Crippen molar-refractivity contribution in [2.75, 3.05) is 4.90 Å². The second kappa shape index (κ2) is 12.8. The Morgan fingerprint density at radius 3 is 1.26 bits per heavy atom. The number of benzene rings is 8. The van der Waals surface area contributed by atoms with Gasteiger partial charge in [0.25, 0.3) is 0 Å². The largest absolute Gasteiger partial charge is 0.310 e. The minimum Gasteiger partial charge on any atom is -0.310 e. The zero-order valence-corrected chi connectivity index (χ0v) is 27.5. The van der Waals surface area contributed by atoms with Crippen LogP contribution in [0.4, 0.5) is 17.1 Å². The van der Waals surface area contributed by atoms with Crippen molar-refractivity contribution in [3.05, 3.63) is 206 Å². The molecule has 0 atom stereocenters. The van der Waals surface area contributed by atoms with E-state index in [4.69, 9.17) is 0 Å². The summed E-state index contributed by atoms with van der Waals surface area (Å²) in [5.74, 6) is 0. The summed E-state index contributed by atoms with van der Waals surface area (Å²) in [4.78, 5) is 2.38. The summed E-state index contributed by atoms with van der Waals surface area (Å²) in [6, 6.07) is 74.0. The summed E-state index contributed by atoms with van der Waals surface area (Å²) in [6.07, 6.45) is 0. The van der Waals surface area contributed by atoms with Gasteiger partial charge in [-0.15, -0.1) is 0 Å². The van der Waals surface area contributed by atoms with Gasteiger partial charge in [-0.1, -0.05) is 152 Å². The number of nitrogens with zero attached hydrogens (tertiary/aromatic N) is 2. The molecule has 0 spiro atoms. The summed E-state index contributed by atoms with van der Waals surface area (Å²) < 4.78 is 2.37. The van der Waals surface area contributed by atoms with Gasteiger partial charge in [0.15, 0.2) is 0 Å². The van der Waals surface area contributed by atoms with Gasteiger partial charge in [-0.3, -0.25) is 0 Å². The molecule has 2 nitrogen and oxygen atoms in total. The van der Waals surface area contributed by atoms with E-state index in [2.05, 4.69) is 216 Å². The number of hydrogen-bond acceptors (Lipinski definition) is 1. The first-order valence-corrected chi connectivity index (χ1v) is 17.1. The van der Waals surface area contributed by atoms with Gasteiger partial charge in [0.05, 0.1) is 16.7 Å². The molecule has 0 aliphatic carbocycles. The smallest absolute Gasteiger partial charge is 0.0541 e. The van der Waals surface area contributed by atoms with E-state index in [9.17, 15) is 0 Å². The molecule has 0 fully saturated rings. The van der Waals surface area contributed by atoms with E-state index in [1.54, 1.807) is 0 Å². The lowest BCUT2D eigenvalue weighted by molar-refractivity contribution is 1.17. The monoisotopic (exact) mass is 638 g/mol. The van der Waals surface area contributed by atoms with Crippen LogP contribution in [0.15, 0.2) is 206 Å². The highest BCUT2D eigenvalue weighted by Gasteiger charge is 2.18. The Labute approximate surface area is 292 Å². The minimum atomic E-state index is 1.10. The molecule has 0 aliphatic rings. The Kier molecular flexibility index (Phi) is 7.53. The Morgan fingerprint density at radius 2 is 0.700 bits per heavy atom. The second-order valence-electron chi connectivity index (χ2n) is 12.6. The number of hydrogen-bond donors (Lipinski definition) is 0. The lowest BCUT2D eigenvalue weighted by Crippen LogP contribution is -2.11. The molecular formula is C48H34N2. The third kappa shape index (κ3) is 5.34. The third-order valence-electron chi connectivity index (χ3n) is 9.63. The summed E-state index contributed by atoms with van der Waals surface area (Å²) in [6.45, 7) is 0. The Morgan fingerprint density at radius 1 is 0.300 bits per heavy atom. The average Bonchev–Trinajstić information content (AvgIpc) is 3.54. The number of para-hydroxylation sites is 3. The van der Waals surface area contributed by atoms with Crippen molar-refractivity contribution in [3.63, 3.8) is 0 Å². The normalized spacial score (nSPS) is 11.2. The minimum absolute atomic E-state index is 1.10. The molecule has 1 aromatic heterocycles. The molecule has 0 amide bonds. The van der Waals surface area contributed by atoms with E-state index in [1.807, 2.05) is 0 Å². The molecule has 8 aromatic carbocycles. The zero-order valence-electron chi connectivity index (χ0n) is 27.5. The maximum atomic E-state index is 2.38. The highest BCUT2D eigenvalue weighted by Crippen LogP contribution is 2.42. The van der Waals surface area contributed by atoms with Crippen molar-refractivity contribution in [3.8, 4) is 39.1 Å². The molecule has 0 aliphatic heterocycles. The predicted octanol–water partition coefficient (Wildman–Crippen LogP) is 13.3. The van der Waals surface area contributed by atoms with Crippen LogP contribution >= 0.6 is 0 Å². The van der Waals surface area contributed by atoms with Crippen molar-refractivity contribution >= 4 is 38.9 Å². The van der Waals surface area contributed by atoms with E-state index >= 15 is 0 Å². The molecule has 2 heteroatoms. The zero-order chi connectivity index (χ0) is 33.3. The van der Waals surface area contributed by atoms with Crippen LogP contribution in [0, 0.1) is 0 Å². The van der Waals surface area contributed by atoms with Gasteiger partial charge >= 0.3 is 0 Å². The summed E-state index contributed by atoms with van der Waals surface area (Å²) in [5.41, 5.74) is 14.1. The summed E-state index contributed by atoms with van der Waals surface area (Å²) in [7, 11) is 0. The van der Waals surface area contributed by atoms with Crippen LogP contribution in [-0.2, 0) is 0 Å².